The summed E-state index contributed by atoms with van der Waals surface area (Å²) in [6.45, 7) is 31.3. The Hall–Kier alpha value is -9.97. The summed E-state index contributed by atoms with van der Waals surface area (Å²) in [6.07, 6.45) is 17.6. The zero-order valence-electron chi connectivity index (χ0n) is 76.0. The molecule has 9 aromatic carbocycles. The first kappa shape index (κ1) is 105. The van der Waals surface area contributed by atoms with Gasteiger partial charge in [-0.1, -0.05) is 282 Å². The number of benzene rings is 9. The summed E-state index contributed by atoms with van der Waals surface area (Å²) in [5.74, 6) is 1.72. The van der Waals surface area contributed by atoms with E-state index in [9.17, 15) is 25.2 Å². The van der Waals surface area contributed by atoms with Crippen molar-refractivity contribution in [2.75, 3.05) is 72.3 Å². The molecule has 1 aliphatic heterocycles. The van der Waals surface area contributed by atoms with Crippen LogP contribution in [-0.4, -0.2) is 147 Å². The second-order valence-electron chi connectivity index (χ2n) is 33.9. The van der Waals surface area contributed by atoms with Gasteiger partial charge in [-0.2, -0.15) is 19.2 Å². The van der Waals surface area contributed by atoms with Gasteiger partial charge in [0.15, 0.2) is 17.3 Å². The monoisotopic (exact) mass is 1710 g/mol. The van der Waals surface area contributed by atoms with Crippen LogP contribution in [0.25, 0.3) is 10.9 Å². The number of ether oxygens (including phenoxy) is 1. The number of anilines is 1. The SMILES string of the molecule is CC(C)(C)c1ccc(C(O)CCCN2CCC(C(O)(c3ccccc3)c3ccccc3)CC2)cc1.CCCC(O)c1ccc(O)c(O)c1.CCN(CC)CCCC(C)Nc1ccnc2cc(Cl)ccc12.CCc1ccc(CC(C)C)cc1.CCc1cccc(C(=O)c2ccccc2)c1.COc1ccc(C(CN(C)C)C2(O)CCCCC2)cc1.O=C=O.O=C=O. The molecule has 4 unspecified atom stereocenters. The number of aromatic hydroxyl groups is 2. The smallest absolute Gasteiger partial charge is 0.373 e. The lowest BCUT2D eigenvalue weighted by Crippen LogP contribution is -2.44. The van der Waals surface area contributed by atoms with Gasteiger partial charge in [0.05, 0.1) is 30.4 Å². The molecule has 7 N–H and O–H groups in total. The van der Waals surface area contributed by atoms with E-state index in [0.717, 1.165) is 177 Å². The number of fused-ring (bicyclic) bond motifs is 1. The van der Waals surface area contributed by atoms with Gasteiger partial charge in [-0.15, -0.1) is 0 Å². The second-order valence-corrected chi connectivity index (χ2v) is 34.3. The molecule has 10 aromatic rings. The van der Waals surface area contributed by atoms with E-state index < -0.39 is 23.4 Å². The number of hydrogen-bond acceptors (Lipinski definition) is 17. The first-order chi connectivity index (χ1) is 59.5. The lowest BCUT2D eigenvalue weighted by Gasteiger charge is -2.42. The van der Waals surface area contributed by atoms with Crippen molar-refractivity contribution in [1.29, 1.82) is 0 Å². The number of halogens is 1. The number of aliphatic hydroxyl groups is 4. The van der Waals surface area contributed by atoms with Gasteiger partial charge in [0.25, 0.3) is 0 Å². The quantitative estimate of drug-likeness (QED) is 0.0163. The minimum absolute atomic E-state index is 0.0934. The largest absolute Gasteiger partial charge is 0.504 e. The Morgan fingerprint density at radius 1 is 0.597 bits per heavy atom. The Bertz CT molecular complexity index is 4620. The molecule has 2 heterocycles. The minimum atomic E-state index is -0.968. The number of piperidine rings is 1. The third-order valence-electron chi connectivity index (χ3n) is 22.9. The van der Waals surface area contributed by atoms with Crippen LogP contribution in [0.4, 0.5) is 5.69 Å². The van der Waals surface area contributed by atoms with E-state index >= 15 is 0 Å². The zero-order chi connectivity index (χ0) is 91.0. The zero-order valence-corrected chi connectivity index (χ0v) is 76.8. The molecule has 18 heteroatoms. The predicted molar refractivity (Wildman–Crippen MR) is 503 cm³/mol. The summed E-state index contributed by atoms with van der Waals surface area (Å²) in [7, 11) is 5.83. The average molecular weight is 1710 g/mol. The van der Waals surface area contributed by atoms with Crippen LogP contribution in [0.2, 0.25) is 5.02 Å². The van der Waals surface area contributed by atoms with Crippen LogP contribution in [-0.2, 0) is 49.5 Å². The van der Waals surface area contributed by atoms with Gasteiger partial charge in [0.2, 0.25) is 0 Å². The molecule has 0 spiro atoms. The molecule has 4 atom stereocenters. The van der Waals surface area contributed by atoms with Crippen molar-refractivity contribution >= 4 is 46.3 Å². The first-order valence-corrected chi connectivity index (χ1v) is 44.7. The molecule has 2 aliphatic rings. The van der Waals surface area contributed by atoms with Crippen molar-refractivity contribution in [3.05, 3.63) is 303 Å². The van der Waals surface area contributed by atoms with Crippen molar-refractivity contribution in [2.45, 2.75) is 220 Å². The van der Waals surface area contributed by atoms with Crippen LogP contribution < -0.4 is 10.1 Å². The highest BCUT2D eigenvalue weighted by Gasteiger charge is 2.42. The molecule has 2 fully saturated rings. The number of likely N-dealkylation sites (tertiary alicyclic amines) is 1. The van der Waals surface area contributed by atoms with Gasteiger partial charge >= 0.3 is 12.3 Å². The van der Waals surface area contributed by atoms with Crippen LogP contribution in [0.1, 0.15) is 244 Å². The molecule has 1 saturated carbocycles. The summed E-state index contributed by atoms with van der Waals surface area (Å²) in [6, 6.07) is 75.8. The highest BCUT2D eigenvalue weighted by molar-refractivity contribution is 6.31. The Morgan fingerprint density at radius 2 is 1.14 bits per heavy atom. The lowest BCUT2D eigenvalue weighted by atomic mass is 9.72. The minimum Gasteiger partial charge on any atom is -0.504 e. The van der Waals surface area contributed by atoms with E-state index in [4.69, 9.17) is 45.7 Å². The Kier molecular flexibility index (Phi) is 47.3. The number of likely N-dealkylation sites (N-methyl/N-ethyl adjacent to an activating group) is 1. The molecule has 1 aromatic heterocycles. The van der Waals surface area contributed by atoms with Gasteiger partial charge in [0, 0.05) is 51.9 Å². The Labute approximate surface area is 745 Å². The number of rotatable bonds is 30. The fraction of sp³-hybridized carbons (Fsp3) is 0.434. The summed E-state index contributed by atoms with van der Waals surface area (Å²) in [5, 5.41) is 67.0. The van der Waals surface area contributed by atoms with Crippen LogP contribution in [0.3, 0.4) is 0 Å². The number of aryl methyl sites for hydroxylation is 2. The van der Waals surface area contributed by atoms with Crippen LogP contribution in [0.15, 0.2) is 237 Å². The molecule has 0 bridgehead atoms. The summed E-state index contributed by atoms with van der Waals surface area (Å²) >= 11 is 6.04. The first-order valence-electron chi connectivity index (χ1n) is 44.3. The van der Waals surface area contributed by atoms with Crippen LogP contribution >= 0.6 is 11.6 Å². The van der Waals surface area contributed by atoms with Gasteiger partial charge in [-0.25, -0.2) is 0 Å². The van der Waals surface area contributed by atoms with Crippen molar-refractivity contribution in [3.63, 3.8) is 0 Å². The van der Waals surface area contributed by atoms with E-state index in [-0.39, 0.29) is 46.8 Å². The van der Waals surface area contributed by atoms with E-state index in [1.807, 2.05) is 141 Å². The Morgan fingerprint density at radius 3 is 1.66 bits per heavy atom. The molecule has 12 rings (SSSR count). The summed E-state index contributed by atoms with van der Waals surface area (Å²) < 4.78 is 5.23. The topological polar surface area (TPSA) is 251 Å². The van der Waals surface area contributed by atoms with Crippen molar-refractivity contribution < 1.29 is 59.3 Å². The third kappa shape index (κ3) is 35.6. The molecule has 0 amide bonds. The van der Waals surface area contributed by atoms with Crippen LogP contribution in [0.5, 0.6) is 17.2 Å². The van der Waals surface area contributed by atoms with Crippen LogP contribution in [0, 0.1) is 11.8 Å². The van der Waals surface area contributed by atoms with Gasteiger partial charge in [-0.3, -0.25) is 9.78 Å². The number of aliphatic hydroxyl groups excluding tert-OH is 2. The third-order valence-corrected chi connectivity index (χ3v) is 23.2. The van der Waals surface area contributed by atoms with E-state index in [0.29, 0.717) is 18.0 Å². The number of phenols is 2. The molecule has 1 saturated heterocycles. The van der Waals surface area contributed by atoms with Gasteiger partial charge in [0.1, 0.15) is 11.4 Å². The summed E-state index contributed by atoms with van der Waals surface area (Å²) in [4.78, 5) is 56.1. The van der Waals surface area contributed by atoms with E-state index in [2.05, 4.69) is 193 Å². The second kappa shape index (κ2) is 56.1. The number of nitrogens with one attached hydrogen (secondary N) is 1. The lowest BCUT2D eigenvalue weighted by molar-refractivity contribution is -0.193. The Balaban J connectivity index is 0.000000271. The number of aromatic nitrogens is 1. The van der Waals surface area contributed by atoms with Crippen molar-refractivity contribution in [3.8, 4) is 17.2 Å². The molecule has 1 aliphatic carbocycles. The number of nitrogens with zero attached hydrogens (tertiary/aromatic N) is 4. The van der Waals surface area contributed by atoms with Gasteiger partial charge < -0.3 is 55.4 Å². The highest BCUT2D eigenvalue weighted by atomic mass is 35.5. The number of carbonyl (C=O) groups is 1. The maximum Gasteiger partial charge on any atom is 0.373 e. The number of carbonyl (C=O) groups excluding carboxylic acids is 5. The molecule has 0 radical (unpaired) electrons. The maximum absolute atomic E-state index is 12.1. The van der Waals surface area contributed by atoms with Crippen molar-refractivity contribution in [1.82, 2.24) is 19.7 Å². The standard InChI is InChI=1S/C32H41NO2.C18H26ClN3.C17H27NO2.C15H14O.C12H18.C10H14O3.2CO2/c1-31(2,3)26-18-16-25(17-19-26)30(34)15-10-22-33-23-20-29(21-24-33)32(35,27-11-6-4-7-12-27)28-13-8-5-9-14-28;1-4-22(5-2)12-6-7-14(3)21-17-10-11-20-18-13-15(19)8-9-16(17)18;1-18(2)13-16(17(19)11-5-4-6-12-17)14-7-9-15(20-3)10-8-14;1-2-12-7-6-10-14(11-12)15(16)13-8-4-3-5-9-13;1-4-11-5-7-12(8-6-11)9-10(2)3;1-2-3-8(11)7-4-5-9(12)10(13)6-7;2*2-1-3/h4-9,11-14,16-19,29-30,34-35H,10,15,20-24H2,1-3H3;8-11,13-14H,4-7,12H2,1-3H3,(H,20,21);7-10,16,19H,4-6,11-13H2,1-3H3;3-11H,2H2,1H3;5-8,10H,4,9H2,1-3H3;4-6,8,11-13H,2-3H2,1H3;;. The average Bonchev–Trinajstić information content (AvgIpc) is 0.775. The number of pyridine rings is 1. The van der Waals surface area contributed by atoms with Crippen molar-refractivity contribution in [2.24, 2.45) is 11.8 Å². The molecular weight excluding hydrogens is 1570 g/mol. The predicted octanol–water partition coefficient (Wildman–Crippen LogP) is 22.0. The number of hydrogen-bond donors (Lipinski definition) is 7. The summed E-state index contributed by atoms with van der Waals surface area (Å²) in [5.41, 5.74) is 12.4. The fourth-order valence-electron chi connectivity index (χ4n) is 15.8. The van der Waals surface area contributed by atoms with Gasteiger partial charge in [-0.05, 0) is 259 Å². The molecule has 668 valence electrons. The van der Waals surface area contributed by atoms with E-state index in [1.54, 1.807) is 13.2 Å². The molecule has 124 heavy (non-hydrogen) atoms. The normalized spacial score (nSPS) is 14.0. The number of methoxy groups -OCH3 is 1. The highest BCUT2D eigenvalue weighted by Crippen LogP contribution is 2.44. The van der Waals surface area contributed by atoms with E-state index in [1.165, 1.54) is 65.8 Å². The molecular formula is C106H140ClN5O12. The maximum atomic E-state index is 12.1. The number of phenolic OH excluding ortho intramolecular Hbond substituents is 2. The molecule has 17 nitrogen and oxygen atoms in total. The fourth-order valence-corrected chi connectivity index (χ4v) is 15.9. The number of ketones is 1.